The molecule has 0 spiro atoms. The number of carbonyl (C=O) groups excluding carboxylic acids is 1. The molecule has 0 radical (unpaired) electrons. The van der Waals surface area contributed by atoms with E-state index in [2.05, 4.69) is 15.3 Å². The number of hydrogen-bond donors (Lipinski definition) is 1. The summed E-state index contributed by atoms with van der Waals surface area (Å²) in [5.41, 5.74) is 0.865. The van der Waals surface area contributed by atoms with Crippen LogP contribution in [0.2, 0.25) is 0 Å². The fourth-order valence-corrected chi connectivity index (χ4v) is 0.961. The number of nitrogens with zero attached hydrogens (tertiary/aromatic N) is 2. The summed E-state index contributed by atoms with van der Waals surface area (Å²) in [5.74, 6) is -0.317. The summed E-state index contributed by atoms with van der Waals surface area (Å²) in [4.78, 5) is 19.4. The second-order valence-electron chi connectivity index (χ2n) is 2.77. The van der Waals surface area contributed by atoms with Crippen LogP contribution >= 0.6 is 0 Å². The van der Waals surface area contributed by atoms with Crippen LogP contribution in [0.5, 0.6) is 0 Å². The van der Waals surface area contributed by atoms with Gasteiger partial charge in [0.25, 0.3) is 5.91 Å². The normalized spacial score (nSPS) is 10.0. The topological polar surface area (TPSA) is 73.3 Å². The van der Waals surface area contributed by atoms with Gasteiger partial charge in [-0.15, -0.1) is 0 Å². The van der Waals surface area contributed by atoms with Crippen molar-refractivity contribution in [1.82, 2.24) is 15.3 Å². The highest BCUT2D eigenvalue weighted by Gasteiger charge is 2.07. The van der Waals surface area contributed by atoms with E-state index in [1.54, 1.807) is 13.3 Å². The monoisotopic (exact) mass is 211 g/mol. The van der Waals surface area contributed by atoms with Crippen molar-refractivity contribution in [2.45, 2.75) is 6.61 Å². The summed E-state index contributed by atoms with van der Waals surface area (Å²) in [6.45, 7) is 0.480. The fourth-order valence-electron chi connectivity index (χ4n) is 0.961. The Morgan fingerprint density at radius 1 is 1.40 bits per heavy atom. The van der Waals surface area contributed by atoms with Gasteiger partial charge in [-0.1, -0.05) is 0 Å². The molecule has 0 saturated heterocycles. The molecule has 1 N–H and O–H groups in total. The highest BCUT2D eigenvalue weighted by molar-refractivity contribution is 5.91. The Labute approximate surface area is 87.6 Å². The Bertz CT molecular complexity index is 330. The number of nitrogens with one attached hydrogen (secondary N) is 1. The van der Waals surface area contributed by atoms with Gasteiger partial charge in [-0.05, 0) is 0 Å². The van der Waals surface area contributed by atoms with Gasteiger partial charge in [0.05, 0.1) is 24.7 Å². The first-order chi connectivity index (χ1) is 7.27. The summed E-state index contributed by atoms with van der Waals surface area (Å²) in [7, 11) is 3.05. The Balaban J connectivity index is 2.67. The van der Waals surface area contributed by atoms with Gasteiger partial charge in [-0.2, -0.15) is 0 Å². The number of aromatic nitrogens is 2. The third kappa shape index (κ3) is 3.61. The van der Waals surface area contributed by atoms with Gasteiger partial charge < -0.3 is 14.8 Å². The predicted molar refractivity (Wildman–Crippen MR) is 52.1 cm³/mol. The van der Waals surface area contributed by atoms with Gasteiger partial charge in [0.15, 0.2) is 0 Å². The van der Waals surface area contributed by atoms with Gasteiger partial charge >= 0.3 is 0 Å². The maximum atomic E-state index is 11.4. The van der Waals surface area contributed by atoms with Crippen molar-refractivity contribution in [2.24, 2.45) is 0 Å². The van der Waals surface area contributed by atoms with Crippen molar-refractivity contribution >= 4 is 5.91 Å². The number of ether oxygens (including phenoxy) is 2. The van der Waals surface area contributed by atoms with Crippen molar-refractivity contribution in [3.63, 3.8) is 0 Å². The fraction of sp³-hybridized carbons (Fsp3) is 0.444. The van der Waals surface area contributed by atoms with Crippen LogP contribution in [-0.2, 0) is 16.1 Å². The van der Waals surface area contributed by atoms with Crippen molar-refractivity contribution in [3.05, 3.63) is 23.8 Å². The summed E-state index contributed by atoms with van der Waals surface area (Å²) in [5, 5.41) is 2.51. The van der Waals surface area contributed by atoms with Crippen LogP contribution in [0.3, 0.4) is 0 Å². The summed E-state index contributed by atoms with van der Waals surface area (Å²) in [6, 6.07) is 0. The molecule has 0 aromatic carbocycles. The van der Waals surface area contributed by atoms with E-state index in [0.29, 0.717) is 12.3 Å². The van der Waals surface area contributed by atoms with Gasteiger partial charge in [-0.25, -0.2) is 4.98 Å². The van der Waals surface area contributed by atoms with E-state index in [1.807, 2.05) is 0 Å². The molecule has 0 atom stereocenters. The van der Waals surface area contributed by atoms with Gasteiger partial charge in [0.2, 0.25) is 0 Å². The maximum Gasteiger partial charge on any atom is 0.273 e. The molecular weight excluding hydrogens is 198 g/mol. The van der Waals surface area contributed by atoms with E-state index in [1.165, 1.54) is 13.3 Å². The average Bonchev–Trinajstić information content (AvgIpc) is 2.27. The molecule has 15 heavy (non-hydrogen) atoms. The number of rotatable bonds is 5. The lowest BCUT2D eigenvalue weighted by Crippen LogP contribution is -2.26. The van der Waals surface area contributed by atoms with Gasteiger partial charge in [0.1, 0.15) is 12.4 Å². The first-order valence-electron chi connectivity index (χ1n) is 4.35. The first-order valence-corrected chi connectivity index (χ1v) is 4.35. The summed E-state index contributed by atoms with van der Waals surface area (Å²) < 4.78 is 9.59. The third-order valence-electron chi connectivity index (χ3n) is 1.59. The zero-order chi connectivity index (χ0) is 11.1. The van der Waals surface area contributed by atoms with E-state index >= 15 is 0 Å². The molecule has 1 amide bonds. The van der Waals surface area contributed by atoms with Gasteiger partial charge in [-0.3, -0.25) is 9.78 Å². The van der Waals surface area contributed by atoms with Crippen LogP contribution in [-0.4, -0.2) is 36.8 Å². The summed E-state index contributed by atoms with van der Waals surface area (Å²) >= 11 is 0. The first kappa shape index (κ1) is 11.5. The van der Waals surface area contributed by atoms with Crippen LogP contribution < -0.4 is 5.32 Å². The second-order valence-corrected chi connectivity index (χ2v) is 2.77. The molecule has 82 valence electrons. The molecule has 0 unspecified atom stereocenters. The minimum absolute atomic E-state index is 0.148. The molecule has 6 nitrogen and oxygen atoms in total. The van der Waals surface area contributed by atoms with Gasteiger partial charge in [0, 0.05) is 14.2 Å². The molecule has 0 aliphatic heterocycles. The van der Waals surface area contributed by atoms with E-state index < -0.39 is 0 Å². The average molecular weight is 211 g/mol. The molecule has 1 rings (SSSR count). The summed E-state index contributed by atoms with van der Waals surface area (Å²) in [6.07, 6.45) is 2.95. The van der Waals surface area contributed by atoms with Crippen molar-refractivity contribution in [2.75, 3.05) is 21.0 Å². The predicted octanol–water partition coefficient (Wildman–Crippen LogP) is -0.0433. The molecule has 0 bridgehead atoms. The minimum atomic E-state index is -0.317. The Morgan fingerprint density at radius 2 is 2.20 bits per heavy atom. The molecule has 1 aromatic rings. The highest BCUT2D eigenvalue weighted by atomic mass is 16.5. The van der Waals surface area contributed by atoms with Crippen LogP contribution in [0.25, 0.3) is 0 Å². The number of carbonyl (C=O) groups is 1. The lowest BCUT2D eigenvalue weighted by molar-refractivity contribution is 0.0865. The molecule has 6 heteroatoms. The molecule has 1 heterocycles. The minimum Gasteiger partial charge on any atom is -0.378 e. The lowest BCUT2D eigenvalue weighted by atomic mass is 10.4. The number of methoxy groups -OCH3 is 2. The largest absolute Gasteiger partial charge is 0.378 e. The van der Waals surface area contributed by atoms with E-state index in [0.717, 1.165) is 0 Å². The molecule has 0 aliphatic rings. The van der Waals surface area contributed by atoms with Crippen molar-refractivity contribution in [1.29, 1.82) is 0 Å². The van der Waals surface area contributed by atoms with E-state index in [4.69, 9.17) is 9.47 Å². The van der Waals surface area contributed by atoms with E-state index in [9.17, 15) is 4.79 Å². The molecule has 0 fully saturated rings. The lowest BCUT2D eigenvalue weighted by Gasteiger charge is -2.04. The highest BCUT2D eigenvalue weighted by Crippen LogP contribution is 1.97. The third-order valence-corrected chi connectivity index (χ3v) is 1.59. The van der Waals surface area contributed by atoms with E-state index in [-0.39, 0.29) is 18.3 Å². The Hall–Kier alpha value is -1.53. The van der Waals surface area contributed by atoms with Crippen molar-refractivity contribution < 1.29 is 14.3 Å². The zero-order valence-electron chi connectivity index (χ0n) is 8.69. The zero-order valence-corrected chi connectivity index (χ0v) is 8.69. The maximum absolute atomic E-state index is 11.4. The quantitative estimate of drug-likeness (QED) is 0.691. The number of amides is 1. The van der Waals surface area contributed by atoms with Crippen LogP contribution in [0, 0.1) is 0 Å². The smallest absolute Gasteiger partial charge is 0.273 e. The molecule has 0 saturated carbocycles. The Morgan fingerprint density at radius 3 is 2.87 bits per heavy atom. The number of hydrogen-bond acceptors (Lipinski definition) is 5. The van der Waals surface area contributed by atoms with Crippen LogP contribution in [0.1, 0.15) is 16.2 Å². The molecule has 1 aromatic heterocycles. The molecular formula is C9H13N3O3. The second kappa shape index (κ2) is 6.05. The van der Waals surface area contributed by atoms with Crippen LogP contribution in [0.15, 0.2) is 12.4 Å². The molecule has 0 aliphatic carbocycles. The standard InChI is InChI=1S/C9H13N3O3/c1-14-5-7-3-10-4-8(12-7)9(13)11-6-15-2/h3-4H,5-6H2,1-2H3,(H,11,13). The Kier molecular flexibility index (Phi) is 4.65. The van der Waals surface area contributed by atoms with Crippen LogP contribution in [0.4, 0.5) is 0 Å². The SMILES string of the molecule is COCNC(=O)c1cncc(COC)n1. The van der Waals surface area contributed by atoms with Crippen molar-refractivity contribution in [3.8, 4) is 0 Å².